The summed E-state index contributed by atoms with van der Waals surface area (Å²) in [5, 5.41) is 6.13. The number of amides is 2. The highest BCUT2D eigenvalue weighted by molar-refractivity contribution is 7.13. The molecule has 0 unspecified atom stereocenters. The van der Waals surface area contributed by atoms with Gasteiger partial charge in [0.2, 0.25) is 5.91 Å². The monoisotopic (exact) mass is 447 g/mol. The van der Waals surface area contributed by atoms with Crippen molar-refractivity contribution in [2.45, 2.75) is 33.1 Å². The minimum atomic E-state index is -0.0332. The molecule has 0 bridgehead atoms. The molecule has 5 nitrogen and oxygen atoms in total. The molecule has 2 amide bonds. The molecule has 1 fully saturated rings. The first-order valence-corrected chi connectivity index (χ1v) is 12.0. The zero-order valence-corrected chi connectivity index (χ0v) is 19.5. The second-order valence-corrected chi connectivity index (χ2v) is 9.27. The van der Waals surface area contributed by atoms with Crippen molar-refractivity contribution in [3.8, 4) is 10.6 Å². The van der Waals surface area contributed by atoms with Crippen molar-refractivity contribution in [1.29, 1.82) is 0 Å². The van der Waals surface area contributed by atoms with Crippen LogP contribution >= 0.6 is 11.3 Å². The van der Waals surface area contributed by atoms with Gasteiger partial charge in [-0.15, -0.1) is 11.3 Å². The van der Waals surface area contributed by atoms with Crippen LogP contribution in [-0.4, -0.2) is 41.3 Å². The van der Waals surface area contributed by atoms with Crippen LogP contribution in [0.2, 0.25) is 0 Å². The van der Waals surface area contributed by atoms with Gasteiger partial charge in [0, 0.05) is 48.5 Å². The molecule has 32 heavy (non-hydrogen) atoms. The zero-order valence-electron chi connectivity index (χ0n) is 18.6. The summed E-state index contributed by atoms with van der Waals surface area (Å²) in [7, 11) is 0. The van der Waals surface area contributed by atoms with Crippen LogP contribution in [0, 0.1) is 19.8 Å². The maximum absolute atomic E-state index is 12.8. The van der Waals surface area contributed by atoms with Gasteiger partial charge in [-0.25, -0.2) is 4.98 Å². The second kappa shape index (κ2) is 10.1. The van der Waals surface area contributed by atoms with Crippen LogP contribution in [0.5, 0.6) is 0 Å². The van der Waals surface area contributed by atoms with Gasteiger partial charge in [-0.3, -0.25) is 9.59 Å². The van der Waals surface area contributed by atoms with Crippen molar-refractivity contribution in [2.24, 2.45) is 5.92 Å². The Hall–Kier alpha value is -2.99. The summed E-state index contributed by atoms with van der Waals surface area (Å²) in [5.41, 5.74) is 5.17. The Kier molecular flexibility index (Phi) is 7.00. The smallest absolute Gasteiger partial charge is 0.253 e. The van der Waals surface area contributed by atoms with E-state index in [-0.39, 0.29) is 17.7 Å². The molecule has 0 aliphatic carbocycles. The summed E-state index contributed by atoms with van der Waals surface area (Å²) in [6, 6.07) is 16.0. The van der Waals surface area contributed by atoms with Crippen LogP contribution < -0.4 is 5.32 Å². The molecule has 0 saturated carbocycles. The fourth-order valence-corrected chi connectivity index (χ4v) is 4.86. The number of carbonyl (C=O) groups excluding carboxylic acids is 2. The SMILES string of the molecule is Cc1ccc(C(=O)N2CCC(C(=O)NCCc3csc(-c4ccccc4)n3)CC2)cc1C. The lowest BCUT2D eigenvalue weighted by atomic mass is 9.95. The van der Waals surface area contributed by atoms with Crippen molar-refractivity contribution < 1.29 is 9.59 Å². The number of carbonyl (C=O) groups is 2. The fraction of sp³-hybridized carbons (Fsp3) is 0.346. The van der Waals surface area contributed by atoms with Crippen molar-refractivity contribution in [3.63, 3.8) is 0 Å². The number of likely N-dealkylation sites (tertiary alicyclic amines) is 1. The first kappa shape index (κ1) is 22.2. The van der Waals surface area contributed by atoms with Gasteiger partial charge in [0.1, 0.15) is 5.01 Å². The number of piperidine rings is 1. The average Bonchev–Trinajstić information content (AvgIpc) is 3.30. The van der Waals surface area contributed by atoms with Gasteiger partial charge >= 0.3 is 0 Å². The van der Waals surface area contributed by atoms with Crippen LogP contribution in [-0.2, 0) is 11.2 Å². The molecule has 1 N–H and O–H groups in total. The average molecular weight is 448 g/mol. The molecule has 0 spiro atoms. The number of hydrogen-bond donors (Lipinski definition) is 1. The molecule has 1 saturated heterocycles. The van der Waals surface area contributed by atoms with Gasteiger partial charge in [0.05, 0.1) is 5.69 Å². The summed E-state index contributed by atoms with van der Waals surface area (Å²) in [6.07, 6.45) is 2.13. The molecule has 2 aromatic carbocycles. The van der Waals surface area contributed by atoms with E-state index in [1.165, 1.54) is 5.56 Å². The fourth-order valence-electron chi connectivity index (χ4n) is 4.00. The Labute approximate surface area is 193 Å². The summed E-state index contributed by atoms with van der Waals surface area (Å²) >= 11 is 1.63. The van der Waals surface area contributed by atoms with Gasteiger partial charge in [-0.1, -0.05) is 36.4 Å². The van der Waals surface area contributed by atoms with Crippen LogP contribution in [0.1, 0.15) is 40.0 Å². The highest BCUT2D eigenvalue weighted by Gasteiger charge is 2.27. The molecule has 1 aliphatic heterocycles. The van der Waals surface area contributed by atoms with Gasteiger partial charge in [0.15, 0.2) is 0 Å². The number of hydrogen-bond acceptors (Lipinski definition) is 4. The molecule has 2 heterocycles. The Morgan fingerprint density at radius 3 is 2.53 bits per heavy atom. The molecule has 4 rings (SSSR count). The number of thiazole rings is 1. The number of aromatic nitrogens is 1. The van der Waals surface area contributed by atoms with Crippen LogP contribution in [0.3, 0.4) is 0 Å². The highest BCUT2D eigenvalue weighted by Crippen LogP contribution is 2.24. The quantitative estimate of drug-likeness (QED) is 0.599. The lowest BCUT2D eigenvalue weighted by molar-refractivity contribution is -0.126. The second-order valence-electron chi connectivity index (χ2n) is 8.42. The van der Waals surface area contributed by atoms with E-state index in [1.807, 2.05) is 55.1 Å². The topological polar surface area (TPSA) is 62.3 Å². The van der Waals surface area contributed by atoms with Crippen LogP contribution in [0.4, 0.5) is 0 Å². The van der Waals surface area contributed by atoms with E-state index in [0.717, 1.165) is 33.8 Å². The highest BCUT2D eigenvalue weighted by atomic mass is 32.1. The van der Waals surface area contributed by atoms with Crippen LogP contribution in [0.25, 0.3) is 10.6 Å². The van der Waals surface area contributed by atoms with E-state index in [9.17, 15) is 9.59 Å². The van der Waals surface area contributed by atoms with Crippen molar-refractivity contribution in [1.82, 2.24) is 15.2 Å². The summed E-state index contributed by atoms with van der Waals surface area (Å²) in [4.78, 5) is 32.0. The summed E-state index contributed by atoms with van der Waals surface area (Å²) in [6.45, 7) is 5.90. The lowest BCUT2D eigenvalue weighted by Crippen LogP contribution is -2.43. The molecule has 0 radical (unpaired) electrons. The zero-order chi connectivity index (χ0) is 22.5. The molecule has 0 atom stereocenters. The van der Waals surface area contributed by atoms with E-state index in [4.69, 9.17) is 0 Å². The Morgan fingerprint density at radius 1 is 1.06 bits per heavy atom. The summed E-state index contributed by atoms with van der Waals surface area (Å²) < 4.78 is 0. The third kappa shape index (κ3) is 5.25. The van der Waals surface area contributed by atoms with E-state index < -0.39 is 0 Å². The minimum Gasteiger partial charge on any atom is -0.355 e. The maximum Gasteiger partial charge on any atom is 0.253 e. The normalized spacial score (nSPS) is 14.4. The van der Waals surface area contributed by atoms with E-state index in [1.54, 1.807) is 11.3 Å². The molecule has 3 aromatic rings. The van der Waals surface area contributed by atoms with Crippen molar-refractivity contribution >= 4 is 23.2 Å². The number of nitrogens with one attached hydrogen (secondary N) is 1. The molecule has 166 valence electrons. The first-order chi connectivity index (χ1) is 15.5. The molecule has 1 aromatic heterocycles. The standard InChI is InChI=1S/C26H29N3O2S/c1-18-8-9-22(16-19(18)2)26(31)29-14-11-20(12-15-29)24(30)27-13-10-23-17-32-25(28-23)21-6-4-3-5-7-21/h3-9,16-17,20H,10-15H2,1-2H3,(H,27,30). The number of benzene rings is 2. The van der Waals surface area contributed by atoms with Gasteiger partial charge in [-0.05, 0) is 49.9 Å². The van der Waals surface area contributed by atoms with Crippen molar-refractivity contribution in [2.75, 3.05) is 19.6 Å². The number of nitrogens with zero attached hydrogens (tertiary/aromatic N) is 2. The van der Waals surface area contributed by atoms with Crippen molar-refractivity contribution in [3.05, 3.63) is 76.3 Å². The van der Waals surface area contributed by atoms with E-state index in [2.05, 4.69) is 27.8 Å². The van der Waals surface area contributed by atoms with Gasteiger partial charge in [0.25, 0.3) is 5.91 Å². The molecular weight excluding hydrogens is 418 g/mol. The third-order valence-corrected chi connectivity index (χ3v) is 7.10. The van der Waals surface area contributed by atoms with Gasteiger partial charge in [-0.2, -0.15) is 0 Å². The van der Waals surface area contributed by atoms with E-state index >= 15 is 0 Å². The Bertz CT molecular complexity index is 1090. The van der Waals surface area contributed by atoms with Crippen LogP contribution in [0.15, 0.2) is 53.9 Å². The lowest BCUT2D eigenvalue weighted by Gasteiger charge is -2.31. The predicted molar refractivity (Wildman–Crippen MR) is 129 cm³/mol. The Balaban J connectivity index is 1.22. The minimum absolute atomic E-state index is 0.0332. The van der Waals surface area contributed by atoms with Gasteiger partial charge < -0.3 is 10.2 Å². The number of rotatable bonds is 6. The predicted octanol–water partition coefficient (Wildman–Crippen LogP) is 4.64. The van der Waals surface area contributed by atoms with E-state index in [0.29, 0.717) is 32.5 Å². The Morgan fingerprint density at radius 2 is 1.81 bits per heavy atom. The third-order valence-electron chi connectivity index (χ3n) is 6.16. The maximum atomic E-state index is 12.8. The number of aryl methyl sites for hydroxylation is 2. The largest absolute Gasteiger partial charge is 0.355 e. The molecular formula is C26H29N3O2S. The molecule has 6 heteroatoms. The molecule has 1 aliphatic rings. The summed E-state index contributed by atoms with van der Waals surface area (Å²) in [5.74, 6) is 0.112. The first-order valence-electron chi connectivity index (χ1n) is 11.2.